The average molecular weight is 502 g/mol. The first kappa shape index (κ1) is 27.1. The van der Waals surface area contributed by atoms with Gasteiger partial charge in [0.05, 0.1) is 19.8 Å². The van der Waals surface area contributed by atoms with E-state index in [1.54, 1.807) is 0 Å². The topological polar surface area (TPSA) is 82.1 Å². The van der Waals surface area contributed by atoms with Crippen molar-refractivity contribution in [3.05, 3.63) is 47.0 Å². The molecule has 1 aromatic rings. The molecule has 192 valence electrons. The van der Waals surface area contributed by atoms with E-state index in [1.807, 2.05) is 44.2 Å². The van der Waals surface area contributed by atoms with Gasteiger partial charge >= 0.3 is 12.1 Å². The number of methoxy groups -OCH3 is 1. The van der Waals surface area contributed by atoms with Crippen LogP contribution in [0.3, 0.4) is 0 Å². The van der Waals surface area contributed by atoms with Crippen LogP contribution >= 0.6 is 0 Å². The molecule has 1 saturated heterocycles. The Labute approximate surface area is 209 Å². The lowest BCUT2D eigenvalue weighted by Gasteiger charge is -2.52. The average Bonchev–Trinajstić information content (AvgIpc) is 2.80. The lowest BCUT2D eigenvalue weighted by molar-refractivity contribution is -0.181. The summed E-state index contributed by atoms with van der Waals surface area (Å²) >= 11 is 0. The molecule has 2 aliphatic rings. The fourth-order valence-electron chi connectivity index (χ4n) is 4.80. The minimum atomic E-state index is -2.30. The van der Waals surface area contributed by atoms with Crippen molar-refractivity contribution in [2.75, 3.05) is 13.7 Å². The number of piperidine rings is 1. The predicted octanol–water partition coefficient (Wildman–Crippen LogP) is 5.46. The second kappa shape index (κ2) is 9.89. The molecule has 3 rings (SSSR count). The second-order valence-corrected chi connectivity index (χ2v) is 16.1. The molecule has 1 aliphatic heterocycles. The normalized spacial score (nSPS) is 25.3. The van der Waals surface area contributed by atoms with Crippen LogP contribution in [0.25, 0.3) is 0 Å². The molecular formula is C27H39NO6Si. The van der Waals surface area contributed by atoms with Crippen molar-refractivity contribution in [2.24, 2.45) is 11.3 Å². The number of nitrogens with zero attached hydrogens (tertiary/aromatic N) is 1. The zero-order chi connectivity index (χ0) is 26.2. The standard InChI is InChI=1S/C27H39NO6Si/c1-18-14-21-22(34-35(7,8)26(3,4)5)16-28(25(31)32-6)23(29)27(21,15-19(18)2)24(30)33-17-20-12-10-9-11-13-20/h9-13,21-22H,14-17H2,1-8H3/t21-,22-,27-/m1/s1. The van der Waals surface area contributed by atoms with Gasteiger partial charge in [-0.25, -0.2) is 9.69 Å². The first-order valence-corrected chi connectivity index (χ1v) is 15.1. The number of amides is 2. The number of rotatable bonds is 5. The Hall–Kier alpha value is -2.45. The molecule has 0 unspecified atom stereocenters. The van der Waals surface area contributed by atoms with Gasteiger partial charge in [0.15, 0.2) is 13.7 Å². The van der Waals surface area contributed by atoms with Gasteiger partial charge in [-0.05, 0) is 50.4 Å². The van der Waals surface area contributed by atoms with Crippen molar-refractivity contribution in [3.8, 4) is 0 Å². The lowest BCUT2D eigenvalue weighted by atomic mass is 9.60. The molecule has 0 bridgehead atoms. The Morgan fingerprint density at radius 2 is 1.74 bits per heavy atom. The molecule has 1 aromatic carbocycles. The van der Waals surface area contributed by atoms with E-state index in [1.165, 1.54) is 7.11 Å². The second-order valence-electron chi connectivity index (χ2n) is 11.4. The van der Waals surface area contributed by atoms with Crippen LogP contribution in [0.15, 0.2) is 41.5 Å². The van der Waals surface area contributed by atoms with Crippen LogP contribution in [0.1, 0.15) is 53.0 Å². The molecule has 0 spiro atoms. The number of allylic oxidation sites excluding steroid dienone is 2. The van der Waals surface area contributed by atoms with Gasteiger partial charge in [-0.3, -0.25) is 9.59 Å². The third kappa shape index (κ3) is 5.09. The van der Waals surface area contributed by atoms with E-state index >= 15 is 0 Å². The number of hydrogen-bond acceptors (Lipinski definition) is 6. The van der Waals surface area contributed by atoms with E-state index in [0.717, 1.165) is 21.6 Å². The van der Waals surface area contributed by atoms with Crippen molar-refractivity contribution < 1.29 is 28.3 Å². The number of carbonyl (C=O) groups excluding carboxylic acids is 3. The summed E-state index contributed by atoms with van der Waals surface area (Å²) in [6, 6.07) is 9.36. The van der Waals surface area contributed by atoms with Crippen molar-refractivity contribution in [1.29, 1.82) is 0 Å². The number of likely N-dealkylation sites (tertiary alicyclic amines) is 1. The minimum absolute atomic E-state index is 0.0507. The van der Waals surface area contributed by atoms with Gasteiger partial charge in [0.25, 0.3) is 0 Å². The molecule has 0 aromatic heterocycles. The lowest BCUT2D eigenvalue weighted by Crippen LogP contribution is -2.67. The van der Waals surface area contributed by atoms with Gasteiger partial charge in [-0.1, -0.05) is 62.2 Å². The third-order valence-corrected chi connectivity index (χ3v) is 12.6. The molecule has 0 N–H and O–H groups in total. The number of hydrogen-bond donors (Lipinski definition) is 0. The molecule has 1 heterocycles. The van der Waals surface area contributed by atoms with E-state index in [-0.39, 0.29) is 24.6 Å². The summed E-state index contributed by atoms with van der Waals surface area (Å²) < 4.78 is 17.5. The minimum Gasteiger partial charge on any atom is -0.460 e. The maximum atomic E-state index is 14.0. The molecule has 1 aliphatic carbocycles. The van der Waals surface area contributed by atoms with Crippen LogP contribution < -0.4 is 0 Å². The first-order valence-electron chi connectivity index (χ1n) is 12.2. The first-order chi connectivity index (χ1) is 16.2. The van der Waals surface area contributed by atoms with Crippen LogP contribution in [0.2, 0.25) is 18.1 Å². The molecule has 0 saturated carbocycles. The maximum absolute atomic E-state index is 14.0. The van der Waals surface area contributed by atoms with Gasteiger partial charge in [0, 0.05) is 5.92 Å². The van der Waals surface area contributed by atoms with Crippen LogP contribution in [-0.4, -0.2) is 50.9 Å². The van der Waals surface area contributed by atoms with Crippen LogP contribution in [-0.2, 0) is 30.1 Å². The fourth-order valence-corrected chi connectivity index (χ4v) is 6.15. The Bertz CT molecular complexity index is 1010. The van der Waals surface area contributed by atoms with Gasteiger partial charge in [0.2, 0.25) is 5.91 Å². The summed E-state index contributed by atoms with van der Waals surface area (Å²) in [4.78, 5) is 41.6. The van der Waals surface area contributed by atoms with Crippen LogP contribution in [0.5, 0.6) is 0 Å². The van der Waals surface area contributed by atoms with Crippen LogP contribution in [0, 0.1) is 11.3 Å². The summed E-state index contributed by atoms with van der Waals surface area (Å²) in [5.41, 5.74) is 1.39. The SMILES string of the molecule is COC(=O)N1C[C@@H](O[Si](C)(C)C(C)(C)C)[C@H]2CC(C)=C(C)C[C@]2(C(=O)OCc2ccccc2)C1=O. The molecule has 0 radical (unpaired) electrons. The number of carbonyl (C=O) groups is 3. The Morgan fingerprint density at radius 1 is 1.11 bits per heavy atom. The molecular weight excluding hydrogens is 462 g/mol. The number of ether oxygens (including phenoxy) is 2. The quantitative estimate of drug-likeness (QED) is 0.231. The third-order valence-electron chi connectivity index (χ3n) is 8.09. The highest BCUT2D eigenvalue weighted by Crippen LogP contribution is 2.52. The molecule has 7 nitrogen and oxygen atoms in total. The molecule has 3 atom stereocenters. The summed E-state index contributed by atoms with van der Waals surface area (Å²) in [6.45, 7) is 14.8. The van der Waals surface area contributed by atoms with E-state index < -0.39 is 43.7 Å². The van der Waals surface area contributed by atoms with Crippen LogP contribution in [0.4, 0.5) is 4.79 Å². The van der Waals surface area contributed by atoms with Gasteiger partial charge in [-0.2, -0.15) is 0 Å². The highest BCUT2D eigenvalue weighted by molar-refractivity contribution is 6.74. The van der Waals surface area contributed by atoms with Gasteiger partial charge < -0.3 is 13.9 Å². The summed E-state index contributed by atoms with van der Waals surface area (Å²) in [6.07, 6.45) is -0.552. The molecule has 1 fully saturated rings. The van der Waals surface area contributed by atoms with E-state index in [9.17, 15) is 14.4 Å². The zero-order valence-corrected chi connectivity index (χ0v) is 23.3. The number of fused-ring (bicyclic) bond motifs is 1. The predicted molar refractivity (Wildman–Crippen MR) is 136 cm³/mol. The van der Waals surface area contributed by atoms with E-state index in [2.05, 4.69) is 33.9 Å². The Balaban J connectivity index is 2.08. The molecule has 35 heavy (non-hydrogen) atoms. The van der Waals surface area contributed by atoms with Crippen molar-refractivity contribution in [1.82, 2.24) is 4.90 Å². The van der Waals surface area contributed by atoms with E-state index in [4.69, 9.17) is 13.9 Å². The summed E-state index contributed by atoms with van der Waals surface area (Å²) in [5, 5.41) is -0.0868. The zero-order valence-electron chi connectivity index (χ0n) is 22.3. The Kier molecular flexibility index (Phi) is 7.67. The maximum Gasteiger partial charge on any atom is 0.416 e. The molecule has 8 heteroatoms. The van der Waals surface area contributed by atoms with Crippen molar-refractivity contribution in [2.45, 2.75) is 78.3 Å². The number of benzene rings is 1. The van der Waals surface area contributed by atoms with Crippen molar-refractivity contribution >= 4 is 26.3 Å². The van der Waals surface area contributed by atoms with E-state index in [0.29, 0.717) is 6.42 Å². The molecule has 2 amide bonds. The van der Waals surface area contributed by atoms with Crippen molar-refractivity contribution in [3.63, 3.8) is 0 Å². The highest BCUT2D eigenvalue weighted by Gasteiger charge is 2.64. The van der Waals surface area contributed by atoms with Gasteiger partial charge in [0.1, 0.15) is 6.61 Å². The monoisotopic (exact) mass is 501 g/mol. The number of imide groups is 1. The summed E-state index contributed by atoms with van der Waals surface area (Å²) in [7, 11) is -1.06. The fraction of sp³-hybridized carbons (Fsp3) is 0.593. The Morgan fingerprint density at radius 3 is 2.31 bits per heavy atom. The van der Waals surface area contributed by atoms with Gasteiger partial charge in [-0.15, -0.1) is 0 Å². The highest BCUT2D eigenvalue weighted by atomic mass is 28.4. The number of esters is 1. The summed E-state index contributed by atoms with van der Waals surface area (Å²) in [5.74, 6) is -1.60. The largest absolute Gasteiger partial charge is 0.460 e. The smallest absolute Gasteiger partial charge is 0.416 e.